The van der Waals surface area contributed by atoms with E-state index >= 15 is 0 Å². The molecule has 1 aromatic heterocycles. The van der Waals surface area contributed by atoms with Crippen LogP contribution in [0.2, 0.25) is 0 Å². The topological polar surface area (TPSA) is 30.2 Å². The van der Waals surface area contributed by atoms with Crippen LogP contribution in [0, 0.1) is 11.8 Å². The molecule has 12 heavy (non-hydrogen) atoms. The second-order valence-corrected chi connectivity index (χ2v) is 2.33. The first-order valence-corrected chi connectivity index (χ1v) is 3.81. The molecule has 0 radical (unpaired) electrons. The van der Waals surface area contributed by atoms with Crippen LogP contribution < -0.4 is 0 Å². The van der Waals surface area contributed by atoms with Crippen molar-refractivity contribution in [2.75, 3.05) is 0 Å². The van der Waals surface area contributed by atoms with E-state index in [-0.39, 0.29) is 5.78 Å². The molecule has 2 nitrogen and oxygen atoms in total. The zero-order valence-corrected chi connectivity index (χ0v) is 6.96. The van der Waals surface area contributed by atoms with Gasteiger partial charge in [-0.25, -0.2) is 0 Å². The van der Waals surface area contributed by atoms with Gasteiger partial charge in [0.25, 0.3) is 0 Å². The number of Topliss-reactive ketones (excluding diaryl/α,β-unsaturated/α-hetero) is 1. The Morgan fingerprint density at radius 2 is 2.50 bits per heavy atom. The molecular formula is C10H10O2. The molecule has 0 atom stereocenters. The summed E-state index contributed by atoms with van der Waals surface area (Å²) in [5.41, 5.74) is 0. The summed E-state index contributed by atoms with van der Waals surface area (Å²) in [7, 11) is 0. The zero-order chi connectivity index (χ0) is 8.81. The predicted molar refractivity (Wildman–Crippen MR) is 45.7 cm³/mol. The van der Waals surface area contributed by atoms with Crippen molar-refractivity contribution in [2.45, 2.75) is 19.8 Å². The van der Waals surface area contributed by atoms with Gasteiger partial charge in [-0.05, 0) is 19.1 Å². The molecule has 0 saturated carbocycles. The molecule has 0 fully saturated rings. The Morgan fingerprint density at radius 3 is 3.08 bits per heavy atom. The highest BCUT2D eigenvalue weighted by Crippen LogP contribution is 2.05. The van der Waals surface area contributed by atoms with Crippen LogP contribution in [0.25, 0.3) is 0 Å². The van der Waals surface area contributed by atoms with E-state index in [1.165, 1.54) is 6.26 Å². The maximum atomic E-state index is 11.2. The van der Waals surface area contributed by atoms with Gasteiger partial charge < -0.3 is 4.42 Å². The van der Waals surface area contributed by atoms with Crippen LogP contribution in [0.4, 0.5) is 0 Å². The van der Waals surface area contributed by atoms with Gasteiger partial charge in [0, 0.05) is 12.8 Å². The van der Waals surface area contributed by atoms with Crippen molar-refractivity contribution >= 4 is 5.78 Å². The van der Waals surface area contributed by atoms with Gasteiger partial charge in [0.1, 0.15) is 0 Å². The van der Waals surface area contributed by atoms with Crippen LogP contribution in [0.15, 0.2) is 22.8 Å². The van der Waals surface area contributed by atoms with Crippen LogP contribution in [0.3, 0.4) is 0 Å². The lowest BCUT2D eigenvalue weighted by Crippen LogP contribution is -1.95. The molecule has 0 unspecified atom stereocenters. The van der Waals surface area contributed by atoms with E-state index < -0.39 is 0 Å². The minimum Gasteiger partial charge on any atom is -0.461 e. The molecule has 0 N–H and O–H groups in total. The summed E-state index contributed by atoms with van der Waals surface area (Å²) >= 11 is 0. The van der Waals surface area contributed by atoms with E-state index in [1.807, 2.05) is 0 Å². The summed E-state index contributed by atoms with van der Waals surface area (Å²) < 4.78 is 4.93. The van der Waals surface area contributed by atoms with Crippen LogP contribution in [0.5, 0.6) is 0 Å². The first kappa shape index (κ1) is 8.61. The van der Waals surface area contributed by atoms with E-state index in [1.54, 1.807) is 19.1 Å². The Morgan fingerprint density at radius 1 is 1.67 bits per heavy atom. The summed E-state index contributed by atoms with van der Waals surface area (Å²) in [5.74, 6) is 6.00. The molecule has 62 valence electrons. The fraction of sp³-hybridized carbons (Fsp3) is 0.300. The average Bonchev–Trinajstić information content (AvgIpc) is 2.56. The Balaban J connectivity index is 2.43. The lowest BCUT2D eigenvalue weighted by Gasteiger charge is -1.90. The summed E-state index contributed by atoms with van der Waals surface area (Å²) in [6.45, 7) is 1.76. The molecule has 0 saturated heterocycles. The lowest BCUT2D eigenvalue weighted by molar-refractivity contribution is 0.0957. The molecule has 0 amide bonds. The molecule has 1 rings (SSSR count). The quantitative estimate of drug-likeness (QED) is 0.504. The van der Waals surface area contributed by atoms with Crippen LogP contribution in [-0.4, -0.2) is 5.78 Å². The fourth-order valence-electron chi connectivity index (χ4n) is 0.861. The monoisotopic (exact) mass is 162 g/mol. The highest BCUT2D eigenvalue weighted by atomic mass is 16.3. The molecule has 1 aromatic rings. The number of rotatable bonds is 3. The molecule has 0 aliphatic rings. The van der Waals surface area contributed by atoms with Crippen molar-refractivity contribution in [3.05, 3.63) is 24.2 Å². The number of carbonyl (C=O) groups excluding carboxylic acids is 1. The minimum atomic E-state index is 0.0164. The van der Waals surface area contributed by atoms with Gasteiger partial charge in [-0.2, -0.15) is 0 Å². The van der Waals surface area contributed by atoms with E-state index in [0.717, 1.165) is 0 Å². The summed E-state index contributed by atoms with van der Waals surface area (Å²) in [6, 6.07) is 3.38. The van der Waals surface area contributed by atoms with Crippen LogP contribution in [-0.2, 0) is 0 Å². The Bertz CT molecular complexity index is 298. The molecule has 0 bridgehead atoms. The van der Waals surface area contributed by atoms with Crippen LogP contribution in [0.1, 0.15) is 30.3 Å². The van der Waals surface area contributed by atoms with E-state index in [2.05, 4.69) is 11.8 Å². The first-order valence-electron chi connectivity index (χ1n) is 3.81. The highest BCUT2D eigenvalue weighted by Gasteiger charge is 2.06. The minimum absolute atomic E-state index is 0.0164. The first-order chi connectivity index (χ1) is 5.84. The van der Waals surface area contributed by atoms with Gasteiger partial charge in [-0.15, -0.1) is 11.8 Å². The van der Waals surface area contributed by atoms with Gasteiger partial charge in [-0.3, -0.25) is 4.79 Å². The SMILES string of the molecule is CC#CCCC(=O)c1ccco1. The van der Waals surface area contributed by atoms with Crippen molar-refractivity contribution < 1.29 is 9.21 Å². The molecule has 0 aliphatic carbocycles. The van der Waals surface area contributed by atoms with Crippen molar-refractivity contribution in [1.82, 2.24) is 0 Å². The van der Waals surface area contributed by atoms with Gasteiger partial charge in [0.15, 0.2) is 11.5 Å². The maximum Gasteiger partial charge on any atom is 0.198 e. The zero-order valence-electron chi connectivity index (χ0n) is 6.96. The number of carbonyl (C=O) groups is 1. The standard InChI is InChI=1S/C10H10O2/c1-2-3-4-6-9(11)10-7-5-8-12-10/h5,7-8H,4,6H2,1H3. The van der Waals surface area contributed by atoms with E-state index in [4.69, 9.17) is 4.42 Å². The fourth-order valence-corrected chi connectivity index (χ4v) is 0.861. The summed E-state index contributed by atoms with van der Waals surface area (Å²) in [5, 5.41) is 0. The molecular weight excluding hydrogens is 152 g/mol. The normalized spacial score (nSPS) is 8.75. The molecule has 0 spiro atoms. The van der Waals surface area contributed by atoms with Gasteiger partial charge in [0.05, 0.1) is 6.26 Å². The van der Waals surface area contributed by atoms with Gasteiger partial charge in [0.2, 0.25) is 0 Å². The third-order valence-corrected chi connectivity index (χ3v) is 1.45. The predicted octanol–water partition coefficient (Wildman–Crippen LogP) is 2.27. The largest absolute Gasteiger partial charge is 0.461 e. The van der Waals surface area contributed by atoms with E-state index in [9.17, 15) is 4.79 Å². The molecule has 2 heteroatoms. The molecule has 0 aromatic carbocycles. The third-order valence-electron chi connectivity index (χ3n) is 1.45. The number of hydrogen-bond acceptors (Lipinski definition) is 2. The summed E-state index contributed by atoms with van der Waals surface area (Å²) in [4.78, 5) is 11.2. The van der Waals surface area contributed by atoms with Crippen LogP contribution >= 0.6 is 0 Å². The average molecular weight is 162 g/mol. The Hall–Kier alpha value is -1.49. The van der Waals surface area contributed by atoms with Gasteiger partial charge >= 0.3 is 0 Å². The smallest absolute Gasteiger partial charge is 0.198 e. The number of furan rings is 1. The van der Waals surface area contributed by atoms with Crippen molar-refractivity contribution in [3.8, 4) is 11.8 Å². The summed E-state index contributed by atoms with van der Waals surface area (Å²) in [6.07, 6.45) is 2.54. The van der Waals surface area contributed by atoms with E-state index in [0.29, 0.717) is 18.6 Å². The molecule has 0 aliphatic heterocycles. The number of hydrogen-bond donors (Lipinski definition) is 0. The molecule has 1 heterocycles. The van der Waals surface area contributed by atoms with Crippen molar-refractivity contribution in [2.24, 2.45) is 0 Å². The van der Waals surface area contributed by atoms with Crippen molar-refractivity contribution in [3.63, 3.8) is 0 Å². The maximum absolute atomic E-state index is 11.2. The van der Waals surface area contributed by atoms with Gasteiger partial charge in [-0.1, -0.05) is 0 Å². The second-order valence-electron chi connectivity index (χ2n) is 2.33. The second kappa shape index (κ2) is 4.40. The Labute approximate surface area is 71.6 Å². The van der Waals surface area contributed by atoms with Crippen molar-refractivity contribution in [1.29, 1.82) is 0 Å². The third kappa shape index (κ3) is 2.28. The highest BCUT2D eigenvalue weighted by molar-refractivity contribution is 5.93. The number of ketones is 1. The lowest BCUT2D eigenvalue weighted by atomic mass is 10.2. The Kier molecular flexibility index (Phi) is 3.16.